The molecule has 1 aromatic carbocycles. The van der Waals surface area contributed by atoms with Crippen molar-refractivity contribution in [2.75, 3.05) is 11.9 Å². The molecule has 20 heavy (non-hydrogen) atoms. The molecule has 0 spiro atoms. The number of thiophene rings is 1. The van der Waals surface area contributed by atoms with E-state index in [1.165, 1.54) is 29.7 Å². The van der Waals surface area contributed by atoms with Crippen LogP contribution in [0.2, 0.25) is 0 Å². The van der Waals surface area contributed by atoms with Crippen molar-refractivity contribution in [2.24, 2.45) is 0 Å². The Kier molecular flexibility index (Phi) is 4.44. The van der Waals surface area contributed by atoms with Gasteiger partial charge in [0.2, 0.25) is 0 Å². The highest BCUT2D eigenvalue weighted by Gasteiger charge is 2.30. The Hall–Kier alpha value is -0.840. The molecule has 2 nitrogen and oxygen atoms in total. The highest BCUT2D eigenvalue weighted by Crippen LogP contribution is 2.36. The van der Waals surface area contributed by atoms with Gasteiger partial charge in [0.1, 0.15) is 0 Å². The maximum Gasteiger partial charge on any atom is 0.0440 e. The molecule has 1 fully saturated rings. The van der Waals surface area contributed by atoms with E-state index in [0.717, 1.165) is 17.6 Å². The smallest absolute Gasteiger partial charge is 0.0440 e. The Bertz CT molecular complexity index is 564. The SMILES string of the molecule is CNCc1cc(Br)ccc1N(Cc1ccsc1)C1CC1. The van der Waals surface area contributed by atoms with Crippen LogP contribution in [0.1, 0.15) is 24.0 Å². The molecule has 0 aliphatic heterocycles. The average molecular weight is 351 g/mol. The number of nitrogens with zero attached hydrogens (tertiary/aromatic N) is 1. The van der Waals surface area contributed by atoms with Gasteiger partial charge in [0.25, 0.3) is 0 Å². The van der Waals surface area contributed by atoms with Crippen molar-refractivity contribution >= 4 is 33.0 Å². The van der Waals surface area contributed by atoms with Crippen LogP contribution >= 0.6 is 27.3 Å². The third-order valence-corrected chi connectivity index (χ3v) is 4.86. The first-order chi connectivity index (χ1) is 9.78. The summed E-state index contributed by atoms with van der Waals surface area (Å²) < 4.78 is 1.15. The highest BCUT2D eigenvalue weighted by atomic mass is 79.9. The normalized spacial score (nSPS) is 14.5. The Morgan fingerprint density at radius 2 is 2.20 bits per heavy atom. The third-order valence-electron chi connectivity index (χ3n) is 3.64. The summed E-state index contributed by atoms with van der Waals surface area (Å²) in [6.07, 6.45) is 2.64. The summed E-state index contributed by atoms with van der Waals surface area (Å²) in [5, 5.41) is 7.70. The molecular weight excluding hydrogens is 332 g/mol. The first kappa shape index (κ1) is 14.1. The van der Waals surface area contributed by atoms with Crippen LogP contribution < -0.4 is 10.2 Å². The topological polar surface area (TPSA) is 15.3 Å². The van der Waals surface area contributed by atoms with Crippen LogP contribution in [0.25, 0.3) is 0 Å². The fourth-order valence-corrected chi connectivity index (χ4v) is 3.61. The van der Waals surface area contributed by atoms with Crippen LogP contribution in [-0.2, 0) is 13.1 Å². The predicted octanol–water partition coefficient (Wildman–Crippen LogP) is 4.40. The lowest BCUT2D eigenvalue weighted by Crippen LogP contribution is -2.26. The Balaban J connectivity index is 1.90. The molecule has 0 atom stereocenters. The summed E-state index contributed by atoms with van der Waals surface area (Å²) in [6.45, 7) is 1.92. The van der Waals surface area contributed by atoms with Gasteiger partial charge in [-0.3, -0.25) is 0 Å². The van der Waals surface area contributed by atoms with E-state index in [1.807, 2.05) is 7.05 Å². The lowest BCUT2D eigenvalue weighted by Gasteiger charge is -2.27. The van der Waals surface area contributed by atoms with Gasteiger partial charge in [0.05, 0.1) is 0 Å². The largest absolute Gasteiger partial charge is 0.364 e. The van der Waals surface area contributed by atoms with Gasteiger partial charge in [0, 0.05) is 29.3 Å². The first-order valence-corrected chi connectivity index (χ1v) is 8.72. The fourth-order valence-electron chi connectivity index (χ4n) is 2.54. The second-order valence-corrected chi connectivity index (χ2v) is 6.99. The third kappa shape index (κ3) is 3.25. The molecule has 0 amide bonds. The van der Waals surface area contributed by atoms with Crippen LogP contribution in [0.3, 0.4) is 0 Å². The van der Waals surface area contributed by atoms with Crippen LogP contribution in [0.15, 0.2) is 39.5 Å². The number of rotatable bonds is 6. The zero-order valence-corrected chi connectivity index (χ0v) is 14.0. The summed E-state index contributed by atoms with van der Waals surface area (Å²) in [6, 6.07) is 9.58. The second kappa shape index (κ2) is 6.29. The number of nitrogens with one attached hydrogen (secondary N) is 1. The minimum absolute atomic E-state index is 0.715. The van der Waals surface area contributed by atoms with Crippen LogP contribution in [0, 0.1) is 0 Å². The van der Waals surface area contributed by atoms with Crippen molar-refractivity contribution in [1.29, 1.82) is 0 Å². The van der Waals surface area contributed by atoms with E-state index < -0.39 is 0 Å². The Morgan fingerprint density at radius 1 is 1.35 bits per heavy atom. The van der Waals surface area contributed by atoms with E-state index in [0.29, 0.717) is 6.04 Å². The van der Waals surface area contributed by atoms with Crippen LogP contribution in [0.4, 0.5) is 5.69 Å². The number of benzene rings is 1. The highest BCUT2D eigenvalue weighted by molar-refractivity contribution is 9.10. The van der Waals surface area contributed by atoms with Gasteiger partial charge in [-0.1, -0.05) is 15.9 Å². The fraction of sp³-hybridized carbons (Fsp3) is 0.375. The minimum Gasteiger partial charge on any atom is -0.364 e. The second-order valence-electron chi connectivity index (χ2n) is 5.29. The monoisotopic (exact) mass is 350 g/mol. The van der Waals surface area contributed by atoms with E-state index in [2.05, 4.69) is 61.2 Å². The van der Waals surface area contributed by atoms with E-state index in [4.69, 9.17) is 0 Å². The van der Waals surface area contributed by atoms with Gasteiger partial charge in [-0.2, -0.15) is 11.3 Å². The van der Waals surface area contributed by atoms with E-state index in [-0.39, 0.29) is 0 Å². The quantitative estimate of drug-likeness (QED) is 0.830. The minimum atomic E-state index is 0.715. The van der Waals surface area contributed by atoms with Crippen molar-refractivity contribution in [3.63, 3.8) is 0 Å². The molecule has 4 heteroatoms. The van der Waals surface area contributed by atoms with Gasteiger partial charge < -0.3 is 10.2 Å². The van der Waals surface area contributed by atoms with Crippen LogP contribution in [-0.4, -0.2) is 13.1 Å². The van der Waals surface area contributed by atoms with E-state index in [1.54, 1.807) is 11.3 Å². The maximum absolute atomic E-state index is 3.58. The van der Waals surface area contributed by atoms with Crippen LogP contribution in [0.5, 0.6) is 0 Å². The maximum atomic E-state index is 3.58. The molecule has 0 bridgehead atoms. The predicted molar refractivity (Wildman–Crippen MR) is 90.4 cm³/mol. The molecule has 0 unspecified atom stereocenters. The van der Waals surface area contributed by atoms with Crippen molar-refractivity contribution < 1.29 is 0 Å². The molecule has 1 aromatic heterocycles. The summed E-state index contributed by atoms with van der Waals surface area (Å²) in [5.41, 5.74) is 4.15. The Morgan fingerprint density at radius 3 is 2.85 bits per heavy atom. The molecule has 106 valence electrons. The summed E-state index contributed by atoms with van der Waals surface area (Å²) in [4.78, 5) is 2.57. The van der Waals surface area contributed by atoms with Crippen molar-refractivity contribution in [3.8, 4) is 0 Å². The van der Waals surface area contributed by atoms with Crippen molar-refractivity contribution in [2.45, 2.75) is 32.0 Å². The van der Waals surface area contributed by atoms with E-state index in [9.17, 15) is 0 Å². The molecule has 1 aliphatic carbocycles. The lowest BCUT2D eigenvalue weighted by molar-refractivity contribution is 0.765. The van der Waals surface area contributed by atoms with Crippen molar-refractivity contribution in [3.05, 3.63) is 50.6 Å². The molecule has 1 saturated carbocycles. The molecule has 3 rings (SSSR count). The summed E-state index contributed by atoms with van der Waals surface area (Å²) in [5.74, 6) is 0. The zero-order valence-electron chi connectivity index (χ0n) is 11.6. The van der Waals surface area contributed by atoms with E-state index >= 15 is 0 Å². The number of hydrogen-bond acceptors (Lipinski definition) is 3. The molecule has 0 radical (unpaired) electrons. The van der Waals surface area contributed by atoms with Gasteiger partial charge in [-0.25, -0.2) is 0 Å². The molecule has 1 aliphatic rings. The lowest BCUT2D eigenvalue weighted by atomic mass is 10.1. The number of anilines is 1. The van der Waals surface area contributed by atoms with Crippen molar-refractivity contribution in [1.82, 2.24) is 5.32 Å². The van der Waals surface area contributed by atoms with Gasteiger partial charge in [0.15, 0.2) is 0 Å². The number of hydrogen-bond donors (Lipinski definition) is 1. The average Bonchev–Trinajstić information content (AvgIpc) is 3.15. The molecule has 0 saturated heterocycles. The number of halogens is 1. The molecule has 1 heterocycles. The molecular formula is C16H19BrN2S. The van der Waals surface area contributed by atoms with Gasteiger partial charge >= 0.3 is 0 Å². The van der Waals surface area contributed by atoms with Gasteiger partial charge in [-0.15, -0.1) is 0 Å². The molecule has 2 aromatic rings. The standard InChI is InChI=1S/C16H19BrN2S/c1-18-9-13-8-14(17)2-5-16(13)19(15-3-4-15)10-12-6-7-20-11-12/h2,5-8,11,15,18H,3-4,9-10H2,1H3. The van der Waals surface area contributed by atoms with Gasteiger partial charge in [-0.05, 0) is 66.0 Å². The first-order valence-electron chi connectivity index (χ1n) is 6.98. The zero-order chi connectivity index (χ0) is 13.9. The molecule has 1 N–H and O–H groups in total. The summed E-state index contributed by atoms with van der Waals surface area (Å²) >= 11 is 5.36. The Labute approximate surface area is 132 Å². The summed E-state index contributed by atoms with van der Waals surface area (Å²) in [7, 11) is 2.00.